The van der Waals surface area contributed by atoms with Crippen molar-refractivity contribution in [3.05, 3.63) is 0 Å². The number of oxime groups is 1. The van der Waals surface area contributed by atoms with Crippen LogP contribution in [0.2, 0.25) is 0 Å². The molecule has 1 aliphatic rings. The molecule has 0 unspecified atom stereocenters. The molecule has 1 saturated carbocycles. The molecule has 1 rings (SSSR count). The summed E-state index contributed by atoms with van der Waals surface area (Å²) in [5.74, 6) is 0.700. The number of amides is 1. The number of carbonyl (C=O) groups excluding carboxylic acids is 1. The maximum Gasteiger partial charge on any atom is 0.223 e. The Morgan fingerprint density at radius 2 is 2.21 bits per heavy atom. The standard InChI is InChI=1S/C9H17N3O2/c10-8(12-14)3-1-2-6-11-9(13)7-4-5-7/h7,14H,1-6H2,(H2,10,12)(H,11,13). The minimum atomic E-state index is 0.175. The number of carbonyl (C=O) groups is 1. The van der Waals surface area contributed by atoms with Crippen LogP contribution in [0.25, 0.3) is 0 Å². The molecule has 5 nitrogen and oxygen atoms in total. The molecule has 1 aliphatic carbocycles. The maximum absolute atomic E-state index is 11.2. The van der Waals surface area contributed by atoms with Crippen LogP contribution in [0.3, 0.4) is 0 Å². The third-order valence-electron chi connectivity index (χ3n) is 2.24. The Bertz CT molecular complexity index is 224. The van der Waals surface area contributed by atoms with Gasteiger partial charge < -0.3 is 16.3 Å². The van der Waals surface area contributed by atoms with Crippen molar-refractivity contribution in [2.45, 2.75) is 32.1 Å². The number of hydrogen-bond donors (Lipinski definition) is 3. The molecule has 0 aromatic rings. The summed E-state index contributed by atoms with van der Waals surface area (Å²) in [6, 6.07) is 0. The summed E-state index contributed by atoms with van der Waals surface area (Å²) in [5, 5.41) is 14.0. The van der Waals surface area contributed by atoms with Crippen LogP contribution >= 0.6 is 0 Å². The molecule has 1 amide bonds. The second-order valence-electron chi connectivity index (χ2n) is 3.61. The topological polar surface area (TPSA) is 87.7 Å². The van der Waals surface area contributed by atoms with Gasteiger partial charge in [0.15, 0.2) is 0 Å². The zero-order valence-electron chi connectivity index (χ0n) is 8.20. The van der Waals surface area contributed by atoms with Crippen LogP contribution in [0.5, 0.6) is 0 Å². The first kappa shape index (κ1) is 10.8. The molecule has 5 heteroatoms. The highest BCUT2D eigenvalue weighted by molar-refractivity contribution is 5.80. The number of unbranched alkanes of at least 4 members (excludes halogenated alkanes) is 1. The smallest absolute Gasteiger partial charge is 0.223 e. The molecular weight excluding hydrogens is 182 g/mol. The molecule has 0 aliphatic heterocycles. The normalized spacial score (nSPS) is 16.7. The van der Waals surface area contributed by atoms with E-state index in [4.69, 9.17) is 10.9 Å². The number of nitrogens with one attached hydrogen (secondary N) is 1. The van der Waals surface area contributed by atoms with Gasteiger partial charge >= 0.3 is 0 Å². The fourth-order valence-corrected chi connectivity index (χ4v) is 1.18. The van der Waals surface area contributed by atoms with Crippen molar-refractivity contribution < 1.29 is 10.0 Å². The average Bonchev–Trinajstić information content (AvgIpc) is 2.99. The molecule has 0 aromatic heterocycles. The molecule has 0 aromatic carbocycles. The van der Waals surface area contributed by atoms with E-state index in [0.717, 1.165) is 25.7 Å². The Balaban J connectivity index is 1.91. The predicted molar refractivity (Wildman–Crippen MR) is 53.0 cm³/mol. The molecule has 0 heterocycles. The molecule has 14 heavy (non-hydrogen) atoms. The van der Waals surface area contributed by atoms with Crippen molar-refractivity contribution in [3.8, 4) is 0 Å². The van der Waals surface area contributed by atoms with Crippen LogP contribution in [0.15, 0.2) is 5.16 Å². The van der Waals surface area contributed by atoms with E-state index in [9.17, 15) is 4.79 Å². The van der Waals surface area contributed by atoms with Gasteiger partial charge in [0.2, 0.25) is 5.91 Å². The van der Waals surface area contributed by atoms with Crippen LogP contribution < -0.4 is 11.1 Å². The lowest BCUT2D eigenvalue weighted by Gasteiger charge is -2.03. The van der Waals surface area contributed by atoms with Crippen molar-refractivity contribution in [2.75, 3.05) is 6.54 Å². The fourth-order valence-electron chi connectivity index (χ4n) is 1.18. The van der Waals surface area contributed by atoms with E-state index in [-0.39, 0.29) is 17.7 Å². The van der Waals surface area contributed by atoms with Crippen molar-refractivity contribution >= 4 is 11.7 Å². The van der Waals surface area contributed by atoms with E-state index in [1.54, 1.807) is 0 Å². The summed E-state index contributed by atoms with van der Waals surface area (Å²) in [4.78, 5) is 11.2. The van der Waals surface area contributed by atoms with Gasteiger partial charge in [-0.25, -0.2) is 0 Å². The van der Waals surface area contributed by atoms with Gasteiger partial charge in [0.25, 0.3) is 0 Å². The summed E-state index contributed by atoms with van der Waals surface area (Å²) in [6.07, 6.45) is 4.36. The molecule has 4 N–H and O–H groups in total. The Kier molecular flexibility index (Phi) is 4.22. The molecule has 0 bridgehead atoms. The lowest BCUT2D eigenvalue weighted by atomic mass is 10.2. The quantitative estimate of drug-likeness (QED) is 0.190. The van der Waals surface area contributed by atoms with Crippen molar-refractivity contribution in [3.63, 3.8) is 0 Å². The van der Waals surface area contributed by atoms with E-state index >= 15 is 0 Å². The molecule has 0 saturated heterocycles. The monoisotopic (exact) mass is 199 g/mol. The summed E-state index contributed by atoms with van der Waals surface area (Å²) in [7, 11) is 0. The van der Waals surface area contributed by atoms with Crippen LogP contribution in [-0.2, 0) is 4.79 Å². The first-order chi connectivity index (χ1) is 6.74. The van der Waals surface area contributed by atoms with Crippen LogP contribution in [0.4, 0.5) is 0 Å². The zero-order chi connectivity index (χ0) is 10.4. The number of nitrogens with zero attached hydrogens (tertiary/aromatic N) is 1. The maximum atomic E-state index is 11.2. The SMILES string of the molecule is NC(CCCCNC(=O)C1CC1)=NO. The van der Waals surface area contributed by atoms with E-state index in [2.05, 4.69) is 10.5 Å². The largest absolute Gasteiger partial charge is 0.409 e. The highest BCUT2D eigenvalue weighted by atomic mass is 16.4. The fraction of sp³-hybridized carbons (Fsp3) is 0.778. The van der Waals surface area contributed by atoms with Gasteiger partial charge in [0.05, 0.1) is 0 Å². The van der Waals surface area contributed by atoms with Crippen LogP contribution in [0.1, 0.15) is 32.1 Å². The summed E-state index contributed by atoms with van der Waals surface area (Å²) in [5.41, 5.74) is 5.29. The molecule has 80 valence electrons. The van der Waals surface area contributed by atoms with Gasteiger partial charge in [-0.15, -0.1) is 0 Å². The van der Waals surface area contributed by atoms with Gasteiger partial charge in [-0.3, -0.25) is 4.79 Å². The molecule has 0 atom stereocenters. The third kappa shape index (κ3) is 4.11. The van der Waals surface area contributed by atoms with Crippen molar-refractivity contribution in [2.24, 2.45) is 16.8 Å². The second kappa shape index (κ2) is 5.47. The van der Waals surface area contributed by atoms with E-state index in [1.165, 1.54) is 0 Å². The lowest BCUT2D eigenvalue weighted by Crippen LogP contribution is -2.26. The summed E-state index contributed by atoms with van der Waals surface area (Å²) < 4.78 is 0. The number of hydrogen-bond acceptors (Lipinski definition) is 3. The molecule has 1 fully saturated rings. The number of amidine groups is 1. The second-order valence-corrected chi connectivity index (χ2v) is 3.61. The Morgan fingerprint density at radius 1 is 1.50 bits per heavy atom. The summed E-state index contributed by atoms with van der Waals surface area (Å²) >= 11 is 0. The average molecular weight is 199 g/mol. The van der Waals surface area contributed by atoms with Gasteiger partial charge in [-0.05, 0) is 25.7 Å². The first-order valence-corrected chi connectivity index (χ1v) is 4.98. The van der Waals surface area contributed by atoms with Crippen molar-refractivity contribution in [1.82, 2.24) is 5.32 Å². The Hall–Kier alpha value is -1.26. The highest BCUT2D eigenvalue weighted by Crippen LogP contribution is 2.28. The minimum absolute atomic E-state index is 0.175. The predicted octanol–water partition coefficient (Wildman–Crippen LogP) is 0.429. The van der Waals surface area contributed by atoms with Crippen molar-refractivity contribution in [1.29, 1.82) is 0 Å². The third-order valence-corrected chi connectivity index (χ3v) is 2.24. The molecule has 0 spiro atoms. The lowest BCUT2D eigenvalue weighted by molar-refractivity contribution is -0.122. The zero-order valence-corrected chi connectivity index (χ0v) is 8.20. The van der Waals surface area contributed by atoms with Crippen LogP contribution in [-0.4, -0.2) is 23.5 Å². The number of rotatable bonds is 6. The van der Waals surface area contributed by atoms with Gasteiger partial charge in [0, 0.05) is 18.9 Å². The first-order valence-electron chi connectivity index (χ1n) is 4.98. The van der Waals surface area contributed by atoms with Crippen LogP contribution in [0, 0.1) is 5.92 Å². The Labute approximate surface area is 83.3 Å². The van der Waals surface area contributed by atoms with Gasteiger partial charge in [0.1, 0.15) is 5.84 Å². The Morgan fingerprint density at radius 3 is 2.79 bits per heavy atom. The molecular formula is C9H17N3O2. The molecule has 0 radical (unpaired) electrons. The van der Waals surface area contributed by atoms with Gasteiger partial charge in [-0.2, -0.15) is 0 Å². The minimum Gasteiger partial charge on any atom is -0.409 e. The van der Waals surface area contributed by atoms with E-state index in [1.807, 2.05) is 0 Å². The van der Waals surface area contributed by atoms with E-state index in [0.29, 0.717) is 13.0 Å². The van der Waals surface area contributed by atoms with Gasteiger partial charge in [-0.1, -0.05) is 5.16 Å². The highest BCUT2D eigenvalue weighted by Gasteiger charge is 2.28. The van der Waals surface area contributed by atoms with E-state index < -0.39 is 0 Å². The summed E-state index contributed by atoms with van der Waals surface area (Å²) in [6.45, 7) is 0.689. The number of nitrogens with two attached hydrogens (primary N) is 1.